The SMILES string of the molecule is [N-]=[N+]=NCCCOc1cc(C(F)(F)F)c2ccc([NH-])cc2n1.[Y]. The Bertz CT molecular complexity index is 731. The zero-order valence-electron chi connectivity index (χ0n) is 11.8. The molecule has 1 aromatic heterocycles. The molecule has 0 aliphatic carbocycles. The van der Waals surface area contributed by atoms with Crippen LogP contribution in [0.3, 0.4) is 0 Å². The molecule has 0 aliphatic heterocycles. The molecule has 6 nitrogen and oxygen atoms in total. The summed E-state index contributed by atoms with van der Waals surface area (Å²) in [5.74, 6) is -0.175. The number of fused-ring (bicyclic) bond motifs is 1. The standard InChI is InChI=1S/C13H11F3N5O.Y/c14-13(15,16)10-7-12(22-5-1-4-19-21-18)20-11-6-8(17)2-3-9(10)11;/h2-3,6-7,17H,1,4-5H2;/q-1;. The van der Waals surface area contributed by atoms with E-state index in [1.165, 1.54) is 18.2 Å². The van der Waals surface area contributed by atoms with Gasteiger partial charge in [0.05, 0.1) is 17.7 Å². The van der Waals surface area contributed by atoms with Crippen molar-refractivity contribution in [3.8, 4) is 5.88 Å². The Morgan fingerprint density at radius 3 is 2.70 bits per heavy atom. The van der Waals surface area contributed by atoms with Crippen molar-refractivity contribution in [2.24, 2.45) is 5.11 Å². The van der Waals surface area contributed by atoms with E-state index in [0.29, 0.717) is 6.42 Å². The van der Waals surface area contributed by atoms with Gasteiger partial charge in [-0.3, -0.25) is 0 Å². The van der Waals surface area contributed by atoms with Gasteiger partial charge in [0, 0.05) is 55.6 Å². The predicted octanol–water partition coefficient (Wildman–Crippen LogP) is 5.01. The van der Waals surface area contributed by atoms with Crippen molar-refractivity contribution in [3.63, 3.8) is 0 Å². The molecule has 2 rings (SSSR count). The number of rotatable bonds is 5. The minimum absolute atomic E-state index is 0. The maximum absolute atomic E-state index is 13.1. The maximum atomic E-state index is 13.1. The number of nitrogens with one attached hydrogen (secondary N) is 1. The second-order valence-electron chi connectivity index (χ2n) is 4.39. The monoisotopic (exact) mass is 399 g/mol. The maximum Gasteiger partial charge on any atom is 0.417 e. The van der Waals surface area contributed by atoms with Gasteiger partial charge in [-0.15, -0.1) is 5.69 Å². The largest absolute Gasteiger partial charge is 0.699 e. The van der Waals surface area contributed by atoms with Gasteiger partial charge >= 0.3 is 6.18 Å². The molecule has 23 heavy (non-hydrogen) atoms. The molecule has 0 atom stereocenters. The van der Waals surface area contributed by atoms with Gasteiger partial charge in [-0.25, -0.2) is 4.98 Å². The molecule has 0 aliphatic rings. The molecular formula is C13H11F3N5OY-. The Balaban J connectivity index is 0.00000264. The molecule has 0 spiro atoms. The molecule has 0 fully saturated rings. The number of azide groups is 1. The third-order valence-corrected chi connectivity index (χ3v) is 2.81. The van der Waals surface area contributed by atoms with Crippen molar-refractivity contribution < 1.29 is 50.6 Å². The van der Waals surface area contributed by atoms with Gasteiger partial charge < -0.3 is 10.5 Å². The number of nitrogens with zero attached hydrogens (tertiary/aromatic N) is 4. The van der Waals surface area contributed by atoms with E-state index < -0.39 is 11.7 Å². The van der Waals surface area contributed by atoms with Gasteiger partial charge in [0.15, 0.2) is 0 Å². The summed E-state index contributed by atoms with van der Waals surface area (Å²) in [5, 5.41) is 3.22. The molecule has 0 amide bonds. The fourth-order valence-electron chi connectivity index (χ4n) is 1.87. The number of hydrogen-bond acceptors (Lipinski definition) is 3. The van der Waals surface area contributed by atoms with Gasteiger partial charge in [0.2, 0.25) is 5.88 Å². The minimum atomic E-state index is -4.55. The Hall–Kier alpha value is -1.57. The van der Waals surface area contributed by atoms with E-state index in [1.54, 1.807) is 0 Å². The average molecular weight is 399 g/mol. The first kappa shape index (κ1) is 19.5. The summed E-state index contributed by atoms with van der Waals surface area (Å²) in [4.78, 5) is 6.54. The van der Waals surface area contributed by atoms with Crippen LogP contribution in [0.25, 0.3) is 27.1 Å². The molecule has 1 radical (unpaired) electrons. The van der Waals surface area contributed by atoms with Crippen LogP contribution in [0, 0.1) is 0 Å². The minimum Gasteiger partial charge on any atom is -0.699 e. The van der Waals surface area contributed by atoms with E-state index in [9.17, 15) is 13.2 Å². The van der Waals surface area contributed by atoms with Crippen LogP contribution in [-0.2, 0) is 38.9 Å². The van der Waals surface area contributed by atoms with Crippen LogP contribution in [-0.4, -0.2) is 18.1 Å². The van der Waals surface area contributed by atoms with Gasteiger partial charge in [-0.05, 0) is 12.0 Å². The van der Waals surface area contributed by atoms with Gasteiger partial charge in [-0.2, -0.15) is 13.2 Å². The Morgan fingerprint density at radius 2 is 2.04 bits per heavy atom. The number of aromatic nitrogens is 1. The first-order chi connectivity index (χ1) is 10.4. The fourth-order valence-corrected chi connectivity index (χ4v) is 1.87. The zero-order valence-corrected chi connectivity index (χ0v) is 14.7. The molecule has 0 unspecified atom stereocenters. The summed E-state index contributed by atoms with van der Waals surface area (Å²) < 4.78 is 44.5. The molecule has 0 bridgehead atoms. The van der Waals surface area contributed by atoms with E-state index in [1.807, 2.05) is 0 Å². The summed E-state index contributed by atoms with van der Waals surface area (Å²) in [6, 6.07) is 4.58. The fraction of sp³-hybridized carbons (Fsp3) is 0.308. The van der Waals surface area contributed by atoms with Crippen LogP contribution >= 0.6 is 0 Å². The summed E-state index contributed by atoms with van der Waals surface area (Å²) in [6.07, 6.45) is -4.18. The van der Waals surface area contributed by atoms with Crippen molar-refractivity contribution in [1.29, 1.82) is 0 Å². The number of ether oxygens (including phenoxy) is 1. The van der Waals surface area contributed by atoms with Gasteiger partial charge in [-0.1, -0.05) is 23.3 Å². The molecule has 1 aromatic carbocycles. The Morgan fingerprint density at radius 1 is 1.30 bits per heavy atom. The second-order valence-corrected chi connectivity index (χ2v) is 4.39. The van der Waals surface area contributed by atoms with Gasteiger partial charge in [0.1, 0.15) is 0 Å². The van der Waals surface area contributed by atoms with Crippen molar-refractivity contribution in [3.05, 3.63) is 46.0 Å². The number of benzene rings is 1. The van der Waals surface area contributed by atoms with Crippen LogP contribution in [0.2, 0.25) is 0 Å². The van der Waals surface area contributed by atoms with E-state index in [4.69, 9.17) is 16.0 Å². The summed E-state index contributed by atoms with van der Waals surface area (Å²) in [6.45, 7) is 0.266. The number of alkyl halides is 3. The molecule has 1 heterocycles. The third-order valence-electron chi connectivity index (χ3n) is 2.81. The van der Waals surface area contributed by atoms with Crippen molar-refractivity contribution in [2.75, 3.05) is 13.2 Å². The molecular weight excluding hydrogens is 388 g/mol. The molecule has 0 saturated heterocycles. The molecule has 0 saturated carbocycles. The summed E-state index contributed by atoms with van der Waals surface area (Å²) in [7, 11) is 0. The second kappa shape index (κ2) is 8.33. The molecule has 2 aromatic rings. The summed E-state index contributed by atoms with van der Waals surface area (Å²) in [5.41, 5.74) is 14.8. The van der Waals surface area contributed by atoms with Crippen LogP contribution in [0.4, 0.5) is 18.9 Å². The molecule has 1 N–H and O–H groups in total. The first-order valence-corrected chi connectivity index (χ1v) is 6.29. The van der Waals surface area contributed by atoms with Crippen molar-refractivity contribution >= 4 is 16.6 Å². The van der Waals surface area contributed by atoms with Crippen LogP contribution < -0.4 is 4.74 Å². The average Bonchev–Trinajstić information content (AvgIpc) is 2.45. The molecule has 10 heteroatoms. The van der Waals surface area contributed by atoms with Crippen LogP contribution in [0.1, 0.15) is 12.0 Å². The van der Waals surface area contributed by atoms with Gasteiger partial charge in [0.25, 0.3) is 0 Å². The summed E-state index contributed by atoms with van der Waals surface area (Å²) >= 11 is 0. The third kappa shape index (κ3) is 5.23. The van der Waals surface area contributed by atoms with Crippen molar-refractivity contribution in [2.45, 2.75) is 12.6 Å². The Labute approximate surface area is 154 Å². The van der Waals surface area contributed by atoms with E-state index in [0.717, 1.165) is 6.07 Å². The predicted molar refractivity (Wildman–Crippen MR) is 74.9 cm³/mol. The van der Waals surface area contributed by atoms with E-state index in [-0.39, 0.29) is 68.3 Å². The van der Waals surface area contributed by atoms with Crippen LogP contribution in [0.5, 0.6) is 5.88 Å². The Kier molecular flexibility index (Phi) is 7.06. The first-order valence-electron chi connectivity index (χ1n) is 6.29. The molecule has 119 valence electrons. The van der Waals surface area contributed by atoms with E-state index >= 15 is 0 Å². The quantitative estimate of drug-likeness (QED) is 0.306. The topological polar surface area (TPSA) is 94.7 Å². The normalized spacial score (nSPS) is 10.7. The van der Waals surface area contributed by atoms with E-state index in [2.05, 4.69) is 15.0 Å². The van der Waals surface area contributed by atoms with Crippen molar-refractivity contribution in [1.82, 2.24) is 4.98 Å². The van der Waals surface area contributed by atoms with Crippen LogP contribution in [0.15, 0.2) is 29.4 Å². The number of hydrogen-bond donors (Lipinski definition) is 0. The smallest absolute Gasteiger partial charge is 0.417 e. The number of pyridine rings is 1. The number of halogens is 3. The zero-order chi connectivity index (χ0) is 16.2.